The van der Waals surface area contributed by atoms with Gasteiger partial charge in [-0.2, -0.15) is 5.01 Å². The Bertz CT molecular complexity index is 1820. The normalized spacial score (nSPS) is 12.1. The SMILES string of the molecule is Cc1ccc(C(=O)Oc2ccc(C(=O)CN(C(=O)c3ccccc3Cl)N3C(=O)c4cccc([N+](=O)[O-])c4C3=O)cc2)cc1. The summed E-state index contributed by atoms with van der Waals surface area (Å²) < 4.78 is 5.36. The van der Waals surface area contributed by atoms with E-state index in [1.54, 1.807) is 30.3 Å². The average Bonchev–Trinajstić information content (AvgIpc) is 3.25. The summed E-state index contributed by atoms with van der Waals surface area (Å²) in [5, 5.41) is 12.6. The van der Waals surface area contributed by atoms with Crippen molar-refractivity contribution < 1.29 is 33.6 Å². The van der Waals surface area contributed by atoms with E-state index in [0.29, 0.717) is 15.6 Å². The number of ether oxygens (including phenoxy) is 1. The smallest absolute Gasteiger partial charge is 0.343 e. The minimum absolute atomic E-state index is 0.00714. The van der Waals surface area contributed by atoms with Crippen LogP contribution >= 0.6 is 11.6 Å². The second-order valence-corrected chi connectivity index (χ2v) is 9.83. The van der Waals surface area contributed by atoms with Crippen molar-refractivity contribution in [2.45, 2.75) is 6.92 Å². The molecule has 0 aliphatic carbocycles. The molecule has 11 nitrogen and oxygen atoms in total. The number of rotatable bonds is 8. The van der Waals surface area contributed by atoms with Crippen LogP contribution in [0, 0.1) is 17.0 Å². The Balaban J connectivity index is 1.43. The van der Waals surface area contributed by atoms with Crippen molar-refractivity contribution >= 4 is 46.8 Å². The molecular weight excluding hydrogens is 578 g/mol. The van der Waals surface area contributed by atoms with Crippen molar-refractivity contribution in [1.82, 2.24) is 10.0 Å². The number of hydrazine groups is 1. The maximum absolute atomic E-state index is 13.7. The Hall–Kier alpha value is -5.68. The number of aryl methyl sites for hydroxylation is 1. The summed E-state index contributed by atoms with van der Waals surface area (Å²) in [4.78, 5) is 77.0. The number of hydrogen-bond acceptors (Lipinski definition) is 8. The number of nitro benzene ring substituents is 1. The number of fused-ring (bicyclic) bond motifs is 1. The number of benzene rings is 4. The first-order valence-corrected chi connectivity index (χ1v) is 13.1. The van der Waals surface area contributed by atoms with Gasteiger partial charge in [0.2, 0.25) is 0 Å². The molecule has 1 aliphatic rings. The molecule has 0 atom stereocenters. The van der Waals surface area contributed by atoms with Gasteiger partial charge in [0.15, 0.2) is 5.78 Å². The van der Waals surface area contributed by atoms with Crippen LogP contribution in [0.15, 0.2) is 91.0 Å². The molecule has 1 heterocycles. The first kappa shape index (κ1) is 28.8. The van der Waals surface area contributed by atoms with Gasteiger partial charge in [0, 0.05) is 11.6 Å². The van der Waals surface area contributed by atoms with Gasteiger partial charge < -0.3 is 4.74 Å². The molecule has 0 N–H and O–H groups in total. The van der Waals surface area contributed by atoms with Gasteiger partial charge in [-0.3, -0.25) is 29.3 Å². The monoisotopic (exact) mass is 597 g/mol. The van der Waals surface area contributed by atoms with Crippen LogP contribution in [-0.4, -0.2) is 51.0 Å². The molecule has 214 valence electrons. The summed E-state index contributed by atoms with van der Waals surface area (Å²) in [6.45, 7) is 1.08. The summed E-state index contributed by atoms with van der Waals surface area (Å²) in [6, 6.07) is 21.6. The number of ketones is 1. The molecule has 43 heavy (non-hydrogen) atoms. The summed E-state index contributed by atoms with van der Waals surface area (Å²) in [7, 11) is 0. The van der Waals surface area contributed by atoms with Crippen molar-refractivity contribution in [2.75, 3.05) is 6.54 Å². The van der Waals surface area contributed by atoms with Gasteiger partial charge in [-0.05, 0) is 61.5 Å². The second-order valence-electron chi connectivity index (χ2n) is 9.42. The van der Waals surface area contributed by atoms with Gasteiger partial charge in [0.1, 0.15) is 17.9 Å². The highest BCUT2D eigenvalue weighted by Gasteiger charge is 2.46. The maximum atomic E-state index is 13.7. The Morgan fingerprint density at radius 1 is 0.860 bits per heavy atom. The predicted molar refractivity (Wildman–Crippen MR) is 153 cm³/mol. The Morgan fingerprint density at radius 3 is 2.16 bits per heavy atom. The molecule has 0 fully saturated rings. The lowest BCUT2D eigenvalue weighted by Crippen LogP contribution is -2.51. The van der Waals surface area contributed by atoms with E-state index >= 15 is 0 Å². The third-order valence-corrected chi connectivity index (χ3v) is 6.95. The van der Waals surface area contributed by atoms with E-state index in [2.05, 4.69) is 0 Å². The van der Waals surface area contributed by atoms with E-state index in [9.17, 15) is 34.1 Å². The third-order valence-electron chi connectivity index (χ3n) is 6.62. The summed E-state index contributed by atoms with van der Waals surface area (Å²) in [6.07, 6.45) is 0. The van der Waals surface area contributed by atoms with Gasteiger partial charge in [-0.1, -0.05) is 47.5 Å². The topological polar surface area (TPSA) is 144 Å². The number of carbonyl (C=O) groups excluding carboxylic acids is 5. The molecule has 5 rings (SSSR count). The summed E-state index contributed by atoms with van der Waals surface area (Å²) in [5.74, 6) is -4.26. The molecule has 0 saturated carbocycles. The largest absolute Gasteiger partial charge is 0.423 e. The molecule has 1 aliphatic heterocycles. The van der Waals surface area contributed by atoms with Gasteiger partial charge in [0.05, 0.1) is 26.6 Å². The van der Waals surface area contributed by atoms with Crippen molar-refractivity contribution in [3.05, 3.63) is 140 Å². The van der Waals surface area contributed by atoms with Crippen molar-refractivity contribution in [1.29, 1.82) is 0 Å². The molecule has 0 saturated heterocycles. The molecule has 0 radical (unpaired) electrons. The summed E-state index contributed by atoms with van der Waals surface area (Å²) in [5.41, 5.74) is -0.145. The van der Waals surface area contributed by atoms with Gasteiger partial charge in [0.25, 0.3) is 23.4 Å². The molecule has 0 unspecified atom stereocenters. The number of nitro groups is 1. The number of nitrogens with zero attached hydrogens (tertiary/aromatic N) is 3. The van der Waals surface area contributed by atoms with Gasteiger partial charge >= 0.3 is 5.97 Å². The van der Waals surface area contributed by atoms with Crippen LogP contribution in [0.5, 0.6) is 5.75 Å². The van der Waals surface area contributed by atoms with E-state index in [4.69, 9.17) is 16.3 Å². The highest BCUT2D eigenvalue weighted by Crippen LogP contribution is 2.33. The first-order valence-electron chi connectivity index (χ1n) is 12.7. The molecule has 0 aromatic heterocycles. The van der Waals surface area contributed by atoms with Crippen LogP contribution in [0.2, 0.25) is 5.02 Å². The third kappa shape index (κ3) is 5.61. The highest BCUT2D eigenvalue weighted by atomic mass is 35.5. The first-order chi connectivity index (χ1) is 20.6. The number of imide groups is 1. The van der Waals surface area contributed by atoms with Crippen molar-refractivity contribution in [3.63, 3.8) is 0 Å². The number of carbonyl (C=O) groups is 5. The van der Waals surface area contributed by atoms with Crippen LogP contribution in [-0.2, 0) is 0 Å². The quantitative estimate of drug-likeness (QED) is 0.0663. The zero-order chi connectivity index (χ0) is 30.8. The zero-order valence-electron chi connectivity index (χ0n) is 22.4. The van der Waals surface area contributed by atoms with E-state index in [-0.39, 0.29) is 27.5 Å². The Morgan fingerprint density at radius 2 is 1.51 bits per heavy atom. The fourth-order valence-corrected chi connectivity index (χ4v) is 4.64. The molecule has 0 bridgehead atoms. The minimum atomic E-state index is -1.14. The molecule has 12 heteroatoms. The zero-order valence-corrected chi connectivity index (χ0v) is 23.1. The number of esters is 1. The van der Waals surface area contributed by atoms with E-state index in [1.165, 1.54) is 54.6 Å². The van der Waals surface area contributed by atoms with Crippen LogP contribution < -0.4 is 4.74 Å². The van der Waals surface area contributed by atoms with Gasteiger partial charge in [-0.15, -0.1) is 0 Å². The van der Waals surface area contributed by atoms with Crippen LogP contribution in [0.1, 0.15) is 57.4 Å². The predicted octanol–water partition coefficient (Wildman–Crippen LogP) is 5.31. The summed E-state index contributed by atoms with van der Waals surface area (Å²) >= 11 is 6.21. The lowest BCUT2D eigenvalue weighted by Gasteiger charge is -2.29. The molecule has 4 aromatic carbocycles. The van der Waals surface area contributed by atoms with E-state index in [1.807, 2.05) is 6.92 Å². The fourth-order valence-electron chi connectivity index (χ4n) is 4.43. The fraction of sp³-hybridized carbons (Fsp3) is 0.0645. The van der Waals surface area contributed by atoms with E-state index < -0.39 is 52.2 Å². The Kier molecular flexibility index (Phi) is 7.82. The van der Waals surface area contributed by atoms with E-state index in [0.717, 1.165) is 11.6 Å². The van der Waals surface area contributed by atoms with Crippen LogP contribution in [0.4, 0.5) is 5.69 Å². The highest BCUT2D eigenvalue weighted by molar-refractivity contribution is 6.34. The van der Waals surface area contributed by atoms with Crippen molar-refractivity contribution in [3.8, 4) is 5.75 Å². The Labute approximate surface area is 249 Å². The molecular formula is C31H20ClN3O8. The minimum Gasteiger partial charge on any atom is -0.423 e. The number of halogens is 1. The van der Waals surface area contributed by atoms with Gasteiger partial charge in [-0.25, -0.2) is 9.80 Å². The van der Waals surface area contributed by atoms with Crippen LogP contribution in [0.25, 0.3) is 0 Å². The molecule has 4 aromatic rings. The molecule has 3 amide bonds. The number of amides is 3. The number of Topliss-reactive ketones (excluding diaryl/α,β-unsaturated/α-hetero) is 1. The average molecular weight is 598 g/mol. The van der Waals surface area contributed by atoms with Crippen LogP contribution in [0.3, 0.4) is 0 Å². The second kappa shape index (κ2) is 11.7. The maximum Gasteiger partial charge on any atom is 0.343 e. The van der Waals surface area contributed by atoms with Crippen molar-refractivity contribution in [2.24, 2.45) is 0 Å². The lowest BCUT2D eigenvalue weighted by molar-refractivity contribution is -0.385. The lowest BCUT2D eigenvalue weighted by atomic mass is 10.1. The number of hydrogen-bond donors (Lipinski definition) is 0. The standard InChI is InChI=1S/C31H20ClN3O8/c1-18-9-11-20(12-10-18)31(40)43-21-15-13-19(14-16-21)26(36)17-33(28(37)22-5-2-3-7-24(22)32)34-29(38)23-6-4-8-25(35(41)42)27(23)30(34)39/h2-16H,17H2,1H3. The molecule has 0 spiro atoms.